The van der Waals surface area contributed by atoms with Crippen LogP contribution in [-0.4, -0.2) is 37.0 Å². The summed E-state index contributed by atoms with van der Waals surface area (Å²) in [6.45, 7) is 6.27. The van der Waals surface area contributed by atoms with Gasteiger partial charge in [0, 0.05) is 24.0 Å². The van der Waals surface area contributed by atoms with Gasteiger partial charge in [-0.15, -0.1) is 0 Å². The molecule has 2 heterocycles. The van der Waals surface area contributed by atoms with Crippen molar-refractivity contribution >= 4 is 21.8 Å². The van der Waals surface area contributed by atoms with Crippen LogP contribution in [0.4, 0.5) is 0 Å². The Balaban J connectivity index is 1.52. The van der Waals surface area contributed by atoms with Gasteiger partial charge in [-0.25, -0.2) is 0 Å². The summed E-state index contributed by atoms with van der Waals surface area (Å²) < 4.78 is 1.13. The van der Waals surface area contributed by atoms with Crippen LogP contribution in [0.2, 0.25) is 0 Å². The second-order valence-corrected chi connectivity index (χ2v) is 7.57. The monoisotopic (exact) mass is 364 g/mol. The molecule has 0 saturated carbocycles. The second kappa shape index (κ2) is 7.14. The van der Waals surface area contributed by atoms with E-state index in [4.69, 9.17) is 0 Å². The normalized spacial score (nSPS) is 24.9. The van der Waals surface area contributed by atoms with E-state index in [0.29, 0.717) is 12.3 Å². The summed E-state index contributed by atoms with van der Waals surface area (Å²) in [5, 5.41) is 3.49. The minimum atomic E-state index is 0.327. The van der Waals surface area contributed by atoms with E-state index in [-0.39, 0.29) is 0 Å². The molecule has 1 aromatic rings. The minimum absolute atomic E-state index is 0.327. The Morgan fingerprint density at radius 1 is 1.27 bits per heavy atom. The molecule has 2 saturated heterocycles. The van der Waals surface area contributed by atoms with Crippen molar-refractivity contribution in [2.45, 2.75) is 32.6 Å². The van der Waals surface area contributed by atoms with Crippen molar-refractivity contribution in [1.82, 2.24) is 10.2 Å². The quantitative estimate of drug-likeness (QED) is 0.893. The molecule has 22 heavy (non-hydrogen) atoms. The predicted molar refractivity (Wildman–Crippen MR) is 92.9 cm³/mol. The zero-order valence-corrected chi connectivity index (χ0v) is 14.9. The third-order valence-corrected chi connectivity index (χ3v) is 6.11. The Bertz CT molecular complexity index is 532. The second-order valence-electron chi connectivity index (χ2n) is 6.72. The van der Waals surface area contributed by atoms with E-state index in [2.05, 4.69) is 51.3 Å². The SMILES string of the molecule is Cc1cc(CCC(=O)N2CC[C@@H]3CNC[C@@H]3CC2)ccc1Br. The Hall–Kier alpha value is -0.870. The van der Waals surface area contributed by atoms with Crippen molar-refractivity contribution in [3.8, 4) is 0 Å². The average molecular weight is 365 g/mol. The molecular formula is C18H25BrN2O. The molecule has 2 aliphatic rings. The first-order valence-corrected chi connectivity index (χ1v) is 9.16. The first-order chi connectivity index (χ1) is 10.6. The van der Waals surface area contributed by atoms with Crippen molar-refractivity contribution in [2.75, 3.05) is 26.2 Å². The molecule has 2 aliphatic heterocycles. The number of likely N-dealkylation sites (tertiary alicyclic amines) is 1. The fraction of sp³-hybridized carbons (Fsp3) is 0.611. The zero-order valence-electron chi connectivity index (χ0n) is 13.3. The maximum Gasteiger partial charge on any atom is 0.222 e. The topological polar surface area (TPSA) is 32.3 Å². The summed E-state index contributed by atoms with van der Waals surface area (Å²) >= 11 is 3.52. The number of halogens is 1. The number of benzene rings is 1. The summed E-state index contributed by atoms with van der Waals surface area (Å²) in [5.74, 6) is 1.90. The summed E-state index contributed by atoms with van der Waals surface area (Å²) in [7, 11) is 0. The molecule has 120 valence electrons. The molecule has 0 bridgehead atoms. The third-order valence-electron chi connectivity index (χ3n) is 5.22. The van der Waals surface area contributed by atoms with E-state index >= 15 is 0 Å². The van der Waals surface area contributed by atoms with Crippen molar-refractivity contribution in [1.29, 1.82) is 0 Å². The summed E-state index contributed by atoms with van der Waals surface area (Å²) in [6, 6.07) is 6.37. The van der Waals surface area contributed by atoms with E-state index in [0.717, 1.165) is 48.9 Å². The lowest BCUT2D eigenvalue weighted by atomic mass is 9.92. The Kier molecular flexibility index (Phi) is 5.19. The van der Waals surface area contributed by atoms with Crippen LogP contribution in [-0.2, 0) is 11.2 Å². The van der Waals surface area contributed by atoms with Gasteiger partial charge in [0.15, 0.2) is 0 Å². The molecule has 2 atom stereocenters. The van der Waals surface area contributed by atoms with Crippen LogP contribution in [0.5, 0.6) is 0 Å². The van der Waals surface area contributed by atoms with Gasteiger partial charge in [-0.2, -0.15) is 0 Å². The number of nitrogens with zero attached hydrogens (tertiary/aromatic N) is 1. The van der Waals surface area contributed by atoms with Crippen molar-refractivity contribution < 1.29 is 4.79 Å². The molecule has 0 spiro atoms. The Labute approximate surface area is 141 Å². The molecule has 1 N–H and O–H groups in total. The molecule has 0 radical (unpaired) electrons. The van der Waals surface area contributed by atoms with Crippen LogP contribution in [0.3, 0.4) is 0 Å². The van der Waals surface area contributed by atoms with E-state index in [9.17, 15) is 4.79 Å². The molecule has 0 aliphatic carbocycles. The fourth-order valence-electron chi connectivity index (χ4n) is 3.74. The van der Waals surface area contributed by atoms with Crippen LogP contribution in [0.25, 0.3) is 0 Å². The summed E-state index contributed by atoms with van der Waals surface area (Å²) in [5.41, 5.74) is 2.49. The maximum absolute atomic E-state index is 12.5. The lowest BCUT2D eigenvalue weighted by Crippen LogP contribution is -2.32. The lowest BCUT2D eigenvalue weighted by Gasteiger charge is -2.21. The van der Waals surface area contributed by atoms with E-state index < -0.39 is 0 Å². The number of hydrogen-bond donors (Lipinski definition) is 1. The third kappa shape index (κ3) is 3.72. The van der Waals surface area contributed by atoms with Gasteiger partial charge in [0.25, 0.3) is 0 Å². The van der Waals surface area contributed by atoms with Crippen LogP contribution < -0.4 is 5.32 Å². The molecule has 1 aromatic carbocycles. The molecule has 1 amide bonds. The molecule has 3 rings (SSSR count). The van der Waals surface area contributed by atoms with Crippen molar-refractivity contribution in [2.24, 2.45) is 11.8 Å². The van der Waals surface area contributed by atoms with Crippen LogP contribution in [0, 0.1) is 18.8 Å². The number of aryl methyl sites for hydroxylation is 2. The number of carbonyl (C=O) groups excluding carboxylic acids is 1. The zero-order chi connectivity index (χ0) is 15.5. The van der Waals surface area contributed by atoms with Crippen LogP contribution in [0.1, 0.15) is 30.4 Å². The highest BCUT2D eigenvalue weighted by Crippen LogP contribution is 2.27. The van der Waals surface area contributed by atoms with Crippen LogP contribution in [0.15, 0.2) is 22.7 Å². The molecule has 0 aromatic heterocycles. The summed E-state index contributed by atoms with van der Waals surface area (Å²) in [6.07, 6.45) is 3.81. The predicted octanol–water partition coefficient (Wildman–Crippen LogP) is 3.15. The summed E-state index contributed by atoms with van der Waals surface area (Å²) in [4.78, 5) is 14.6. The molecule has 0 unspecified atom stereocenters. The maximum atomic E-state index is 12.5. The number of nitrogens with one attached hydrogen (secondary N) is 1. The van der Waals surface area contributed by atoms with Gasteiger partial charge in [-0.05, 0) is 68.3 Å². The molecule has 4 heteroatoms. The Morgan fingerprint density at radius 2 is 1.95 bits per heavy atom. The molecule has 3 nitrogen and oxygen atoms in total. The highest BCUT2D eigenvalue weighted by atomic mass is 79.9. The number of amides is 1. The van der Waals surface area contributed by atoms with Gasteiger partial charge < -0.3 is 10.2 Å². The van der Waals surface area contributed by atoms with Crippen molar-refractivity contribution in [3.63, 3.8) is 0 Å². The first kappa shape index (κ1) is 16.0. The number of hydrogen-bond acceptors (Lipinski definition) is 2. The fourth-order valence-corrected chi connectivity index (χ4v) is 3.99. The van der Waals surface area contributed by atoms with Gasteiger partial charge in [0.2, 0.25) is 5.91 Å². The molecular weight excluding hydrogens is 340 g/mol. The number of carbonyl (C=O) groups is 1. The standard InChI is InChI=1S/C18H25BrN2O/c1-13-10-14(2-4-17(13)19)3-5-18(22)21-8-6-15-11-20-12-16(15)7-9-21/h2,4,10,15-16,20H,3,5-9,11-12H2,1H3/t15-,16+. The molecule has 2 fully saturated rings. The van der Waals surface area contributed by atoms with Crippen molar-refractivity contribution in [3.05, 3.63) is 33.8 Å². The minimum Gasteiger partial charge on any atom is -0.343 e. The van der Waals surface area contributed by atoms with Gasteiger partial charge in [-0.1, -0.05) is 28.1 Å². The van der Waals surface area contributed by atoms with Crippen LogP contribution >= 0.6 is 15.9 Å². The lowest BCUT2D eigenvalue weighted by molar-refractivity contribution is -0.131. The number of fused-ring (bicyclic) bond motifs is 1. The number of rotatable bonds is 3. The van der Waals surface area contributed by atoms with E-state index in [1.54, 1.807) is 0 Å². The smallest absolute Gasteiger partial charge is 0.222 e. The highest BCUT2D eigenvalue weighted by molar-refractivity contribution is 9.10. The highest BCUT2D eigenvalue weighted by Gasteiger charge is 2.31. The average Bonchev–Trinajstić information content (AvgIpc) is 2.87. The van der Waals surface area contributed by atoms with Gasteiger partial charge in [0.1, 0.15) is 0 Å². The van der Waals surface area contributed by atoms with Gasteiger partial charge >= 0.3 is 0 Å². The van der Waals surface area contributed by atoms with E-state index in [1.807, 2.05) is 0 Å². The first-order valence-electron chi connectivity index (χ1n) is 8.37. The Morgan fingerprint density at radius 3 is 2.59 bits per heavy atom. The van der Waals surface area contributed by atoms with Gasteiger partial charge in [-0.3, -0.25) is 4.79 Å². The van der Waals surface area contributed by atoms with E-state index in [1.165, 1.54) is 24.0 Å². The van der Waals surface area contributed by atoms with Gasteiger partial charge in [0.05, 0.1) is 0 Å². The largest absolute Gasteiger partial charge is 0.343 e.